The molecule has 1 aliphatic carbocycles. The fourth-order valence-corrected chi connectivity index (χ4v) is 6.41. The molecule has 1 saturated carbocycles. The minimum absolute atomic E-state index is 0.0547. The molecule has 12 heteroatoms. The highest BCUT2D eigenvalue weighted by molar-refractivity contribution is 5.96. The molecule has 7 rings (SSSR count). The average molecular weight is 640 g/mol. The molecule has 1 amide bonds. The van der Waals surface area contributed by atoms with E-state index in [4.69, 9.17) is 19.6 Å². The van der Waals surface area contributed by atoms with Gasteiger partial charge in [-0.3, -0.25) is 0 Å². The Balaban J connectivity index is 1.11. The molecule has 1 aliphatic heterocycles. The van der Waals surface area contributed by atoms with E-state index < -0.39 is 5.60 Å². The summed E-state index contributed by atoms with van der Waals surface area (Å²) in [5.74, 6) is 0.544. The third kappa shape index (κ3) is 6.83. The maximum atomic E-state index is 13.1. The molecule has 1 unspecified atom stereocenters. The zero-order valence-electron chi connectivity index (χ0n) is 28.1. The summed E-state index contributed by atoms with van der Waals surface area (Å²) in [5, 5.41) is 14.8. The third-order valence-corrected chi connectivity index (χ3v) is 9.08. The van der Waals surface area contributed by atoms with Gasteiger partial charge in [-0.2, -0.15) is 5.10 Å². The van der Waals surface area contributed by atoms with Crippen molar-refractivity contribution in [2.45, 2.75) is 84.2 Å². The molecule has 248 valence electrons. The van der Waals surface area contributed by atoms with Crippen LogP contribution in [0.1, 0.15) is 76.8 Å². The number of benzene rings is 1. The molecule has 0 spiro atoms. The van der Waals surface area contributed by atoms with Crippen LogP contribution in [0.5, 0.6) is 0 Å². The van der Waals surface area contributed by atoms with Crippen molar-refractivity contribution in [3.05, 3.63) is 60.3 Å². The van der Waals surface area contributed by atoms with Gasteiger partial charge in [-0.15, -0.1) is 5.10 Å². The van der Waals surface area contributed by atoms with Crippen LogP contribution in [0.15, 0.2) is 49.1 Å². The summed E-state index contributed by atoms with van der Waals surface area (Å²) in [5.41, 5.74) is 6.05. The number of hydrogen-bond acceptors (Lipinski definition) is 8. The molecule has 0 bridgehead atoms. The van der Waals surface area contributed by atoms with Crippen molar-refractivity contribution in [1.82, 2.24) is 39.1 Å². The van der Waals surface area contributed by atoms with Gasteiger partial charge in [0.15, 0.2) is 6.23 Å². The Kier molecular flexibility index (Phi) is 8.37. The summed E-state index contributed by atoms with van der Waals surface area (Å²) >= 11 is 0. The van der Waals surface area contributed by atoms with Crippen molar-refractivity contribution in [2.24, 2.45) is 5.92 Å². The third-order valence-electron chi connectivity index (χ3n) is 9.08. The number of aromatic nitrogens is 7. The standard InChI is InChI=1S/C35H45N9O3/c1-35(2,3)47-34(45)42(18-24-9-8-10-24)20-25-12-13-32-37-26(21-41(32)19-25)22-43-23-30(38-39-43)28-15-27(40(4)5)16-31-29(28)17-36-44(31)33-11-6-7-14-46-33/h12-13,15-17,19,21,23-24,33H,6-11,14,18,20,22H2,1-5H3. The maximum absolute atomic E-state index is 13.1. The second-order valence-corrected chi connectivity index (χ2v) is 14.2. The van der Waals surface area contributed by atoms with Gasteiger partial charge < -0.3 is 23.7 Å². The largest absolute Gasteiger partial charge is 0.444 e. The van der Waals surface area contributed by atoms with Crippen molar-refractivity contribution in [1.29, 1.82) is 0 Å². The summed E-state index contributed by atoms with van der Waals surface area (Å²) in [7, 11) is 4.08. The highest BCUT2D eigenvalue weighted by Crippen LogP contribution is 2.35. The fourth-order valence-electron chi connectivity index (χ4n) is 6.41. The van der Waals surface area contributed by atoms with Gasteiger partial charge in [0.25, 0.3) is 0 Å². The number of rotatable bonds is 9. The molecule has 0 N–H and O–H groups in total. The lowest BCUT2D eigenvalue weighted by molar-refractivity contribution is -0.0366. The van der Waals surface area contributed by atoms with Crippen LogP contribution in [-0.4, -0.2) is 78.0 Å². The van der Waals surface area contributed by atoms with E-state index in [1.165, 1.54) is 6.42 Å². The first-order valence-electron chi connectivity index (χ1n) is 16.7. The highest BCUT2D eigenvalue weighted by Gasteiger charge is 2.28. The fraction of sp³-hybridized carbons (Fsp3) is 0.514. The predicted octanol–water partition coefficient (Wildman–Crippen LogP) is 6.29. The van der Waals surface area contributed by atoms with Crippen molar-refractivity contribution in [3.8, 4) is 11.3 Å². The van der Waals surface area contributed by atoms with E-state index in [1.807, 2.05) is 90.5 Å². The Hall–Kier alpha value is -4.45. The number of hydrogen-bond donors (Lipinski definition) is 0. The molecule has 1 saturated heterocycles. The topological polar surface area (TPSA) is 108 Å². The minimum atomic E-state index is -0.535. The smallest absolute Gasteiger partial charge is 0.410 e. The SMILES string of the molecule is CN(C)c1cc(-c2cn(Cc3cn4cc(CN(CC5CCC5)C(=O)OC(C)(C)C)ccc4n3)nn2)c2cnn(C3CCCCO3)c2c1. The van der Waals surface area contributed by atoms with Crippen LogP contribution >= 0.6 is 0 Å². The Morgan fingerprint density at radius 3 is 2.64 bits per heavy atom. The molecule has 1 aromatic carbocycles. The Morgan fingerprint density at radius 2 is 1.91 bits per heavy atom. The number of imidazole rings is 1. The monoisotopic (exact) mass is 639 g/mol. The van der Waals surface area contributed by atoms with Gasteiger partial charge in [-0.25, -0.2) is 19.1 Å². The Labute approximate surface area is 275 Å². The van der Waals surface area contributed by atoms with Crippen LogP contribution in [0, 0.1) is 5.92 Å². The highest BCUT2D eigenvalue weighted by atomic mass is 16.6. The minimum Gasteiger partial charge on any atom is -0.444 e. The summed E-state index contributed by atoms with van der Waals surface area (Å²) in [4.78, 5) is 21.9. The van der Waals surface area contributed by atoms with Crippen molar-refractivity contribution >= 4 is 28.3 Å². The van der Waals surface area contributed by atoms with Crippen LogP contribution in [0.4, 0.5) is 10.5 Å². The molecule has 5 aromatic rings. The number of amides is 1. The lowest BCUT2D eigenvalue weighted by atomic mass is 9.85. The van der Waals surface area contributed by atoms with Gasteiger partial charge in [-0.1, -0.05) is 17.7 Å². The second kappa shape index (κ2) is 12.6. The van der Waals surface area contributed by atoms with Crippen LogP contribution in [-0.2, 0) is 22.6 Å². The summed E-state index contributed by atoms with van der Waals surface area (Å²) < 4.78 is 17.7. The molecule has 5 heterocycles. The molecular formula is C35H45N9O3. The van der Waals surface area contributed by atoms with Gasteiger partial charge in [0.2, 0.25) is 0 Å². The lowest BCUT2D eigenvalue weighted by Gasteiger charge is -2.33. The molecule has 47 heavy (non-hydrogen) atoms. The van der Waals surface area contributed by atoms with Gasteiger partial charge >= 0.3 is 6.09 Å². The van der Waals surface area contributed by atoms with Gasteiger partial charge in [0.1, 0.15) is 16.9 Å². The first-order valence-corrected chi connectivity index (χ1v) is 16.7. The van der Waals surface area contributed by atoms with Crippen molar-refractivity contribution < 1.29 is 14.3 Å². The normalized spacial score (nSPS) is 17.3. The lowest BCUT2D eigenvalue weighted by Crippen LogP contribution is -2.40. The average Bonchev–Trinajstić information content (AvgIpc) is 3.75. The van der Waals surface area contributed by atoms with Gasteiger partial charge in [0.05, 0.1) is 36.7 Å². The molecular weight excluding hydrogens is 594 g/mol. The number of pyridine rings is 1. The van der Waals surface area contributed by atoms with Crippen LogP contribution < -0.4 is 4.90 Å². The van der Waals surface area contributed by atoms with Gasteiger partial charge in [-0.05, 0) is 82.6 Å². The van der Waals surface area contributed by atoms with Crippen LogP contribution in [0.3, 0.4) is 0 Å². The van der Waals surface area contributed by atoms with Crippen molar-refractivity contribution in [2.75, 3.05) is 32.1 Å². The number of ether oxygens (including phenoxy) is 2. The quantitative estimate of drug-likeness (QED) is 0.185. The number of nitrogens with zero attached hydrogens (tertiary/aromatic N) is 9. The second-order valence-electron chi connectivity index (χ2n) is 14.2. The van der Waals surface area contributed by atoms with E-state index in [2.05, 4.69) is 27.3 Å². The van der Waals surface area contributed by atoms with Crippen molar-refractivity contribution in [3.63, 3.8) is 0 Å². The Morgan fingerprint density at radius 1 is 1.06 bits per heavy atom. The van der Waals surface area contributed by atoms with E-state index in [0.717, 1.165) is 90.0 Å². The van der Waals surface area contributed by atoms with E-state index >= 15 is 0 Å². The Bertz CT molecular complexity index is 1870. The number of carbonyl (C=O) groups excluding carboxylic acids is 1. The van der Waals surface area contributed by atoms with Gasteiger partial charge in [0, 0.05) is 56.3 Å². The number of anilines is 1. The van der Waals surface area contributed by atoms with E-state index in [-0.39, 0.29) is 12.3 Å². The summed E-state index contributed by atoms with van der Waals surface area (Å²) in [6.45, 7) is 8.17. The van der Waals surface area contributed by atoms with Crippen LogP contribution in [0.25, 0.3) is 27.8 Å². The summed E-state index contributed by atoms with van der Waals surface area (Å²) in [6.07, 6.45) is 14.4. The molecule has 1 atom stereocenters. The first-order chi connectivity index (χ1) is 22.6. The number of carbonyl (C=O) groups is 1. The summed E-state index contributed by atoms with van der Waals surface area (Å²) in [6, 6.07) is 8.35. The zero-order valence-corrected chi connectivity index (χ0v) is 28.1. The van der Waals surface area contributed by atoms with Crippen LogP contribution in [0.2, 0.25) is 0 Å². The molecule has 2 fully saturated rings. The predicted molar refractivity (Wildman–Crippen MR) is 180 cm³/mol. The van der Waals surface area contributed by atoms with E-state index in [0.29, 0.717) is 19.0 Å². The first kappa shape index (κ1) is 31.2. The van der Waals surface area contributed by atoms with E-state index in [9.17, 15) is 4.79 Å². The maximum Gasteiger partial charge on any atom is 0.410 e. The van der Waals surface area contributed by atoms with E-state index in [1.54, 1.807) is 0 Å². The molecule has 2 aliphatic rings. The molecule has 4 aromatic heterocycles. The molecule has 0 radical (unpaired) electrons. The molecule has 12 nitrogen and oxygen atoms in total. The zero-order chi connectivity index (χ0) is 32.7. The number of fused-ring (bicyclic) bond motifs is 2.